The van der Waals surface area contributed by atoms with Crippen LogP contribution >= 0.6 is 0 Å². The third kappa shape index (κ3) is 7.71. The van der Waals surface area contributed by atoms with Crippen LogP contribution < -0.4 is 0 Å². The van der Waals surface area contributed by atoms with Crippen LogP contribution in [0.4, 0.5) is 0 Å². The average Bonchev–Trinajstić information content (AvgIpc) is 2.58. The highest BCUT2D eigenvalue weighted by atomic mass is 16.7. The summed E-state index contributed by atoms with van der Waals surface area (Å²) in [5.41, 5.74) is 1.31. The summed E-state index contributed by atoms with van der Waals surface area (Å²) in [4.78, 5) is 4.13. The van der Waals surface area contributed by atoms with Gasteiger partial charge in [0.2, 0.25) is 0 Å². The van der Waals surface area contributed by atoms with Crippen LogP contribution in [-0.2, 0) is 15.9 Å². The van der Waals surface area contributed by atoms with Gasteiger partial charge in [-0.3, -0.25) is 4.98 Å². The monoisotopic (exact) mass is 303 g/mol. The van der Waals surface area contributed by atoms with Crippen molar-refractivity contribution in [3.63, 3.8) is 0 Å². The molecule has 1 unspecified atom stereocenters. The van der Waals surface area contributed by atoms with Crippen LogP contribution in [0.5, 0.6) is 0 Å². The first-order chi connectivity index (χ1) is 10.9. The second-order valence-electron chi connectivity index (χ2n) is 5.89. The molecule has 1 fully saturated rings. The summed E-state index contributed by atoms with van der Waals surface area (Å²) in [6.07, 6.45) is 18.9. The molecule has 0 bridgehead atoms. The molecule has 2 rings (SSSR count). The summed E-state index contributed by atoms with van der Waals surface area (Å²) >= 11 is 0. The van der Waals surface area contributed by atoms with E-state index in [0.717, 1.165) is 38.9 Å². The molecule has 3 heteroatoms. The van der Waals surface area contributed by atoms with Crippen molar-refractivity contribution in [2.45, 2.75) is 64.1 Å². The van der Waals surface area contributed by atoms with Crippen molar-refractivity contribution in [3.8, 4) is 0 Å². The maximum atomic E-state index is 5.73. The number of unbranched alkanes of at least 4 members (excludes halogenated alkanes) is 3. The number of nitrogens with zero attached hydrogens (tertiary/aromatic N) is 1. The van der Waals surface area contributed by atoms with Gasteiger partial charge in [-0.25, -0.2) is 0 Å². The van der Waals surface area contributed by atoms with Crippen molar-refractivity contribution in [2.24, 2.45) is 0 Å². The highest BCUT2D eigenvalue weighted by Crippen LogP contribution is 2.14. The smallest absolute Gasteiger partial charge is 0.157 e. The highest BCUT2D eigenvalue weighted by Gasteiger charge is 2.12. The van der Waals surface area contributed by atoms with Crippen LogP contribution in [0.3, 0.4) is 0 Å². The van der Waals surface area contributed by atoms with E-state index in [9.17, 15) is 0 Å². The average molecular weight is 303 g/mol. The minimum absolute atomic E-state index is 0.0705. The molecule has 122 valence electrons. The second-order valence-corrected chi connectivity index (χ2v) is 5.89. The van der Waals surface area contributed by atoms with Gasteiger partial charge in [-0.2, -0.15) is 0 Å². The third-order valence-electron chi connectivity index (χ3n) is 3.95. The van der Waals surface area contributed by atoms with Gasteiger partial charge in [0.1, 0.15) is 0 Å². The molecule has 0 radical (unpaired) electrons. The fourth-order valence-corrected chi connectivity index (χ4v) is 2.63. The molecule has 1 aromatic heterocycles. The number of rotatable bonds is 10. The van der Waals surface area contributed by atoms with E-state index in [-0.39, 0.29) is 6.29 Å². The van der Waals surface area contributed by atoms with Gasteiger partial charge in [0, 0.05) is 25.6 Å². The van der Waals surface area contributed by atoms with Crippen molar-refractivity contribution in [1.82, 2.24) is 4.98 Å². The van der Waals surface area contributed by atoms with Gasteiger partial charge < -0.3 is 9.47 Å². The fraction of sp³-hybridized carbons (Fsp3) is 0.632. The molecule has 0 aliphatic carbocycles. The van der Waals surface area contributed by atoms with Crippen LogP contribution in [0.25, 0.3) is 0 Å². The molecule has 0 N–H and O–H groups in total. The zero-order valence-electron chi connectivity index (χ0n) is 13.6. The van der Waals surface area contributed by atoms with Crippen LogP contribution in [0.15, 0.2) is 36.7 Å². The predicted molar refractivity (Wildman–Crippen MR) is 89.7 cm³/mol. The maximum Gasteiger partial charge on any atom is 0.157 e. The Morgan fingerprint density at radius 1 is 1.18 bits per heavy atom. The number of pyridine rings is 1. The lowest BCUT2D eigenvalue weighted by Gasteiger charge is -2.22. The molecule has 3 nitrogen and oxygen atoms in total. The molecule has 0 amide bonds. The molecule has 1 aliphatic rings. The molecule has 22 heavy (non-hydrogen) atoms. The summed E-state index contributed by atoms with van der Waals surface area (Å²) in [5, 5.41) is 0. The van der Waals surface area contributed by atoms with E-state index in [1.165, 1.54) is 37.7 Å². The Hall–Kier alpha value is -1.19. The van der Waals surface area contributed by atoms with Crippen molar-refractivity contribution in [1.29, 1.82) is 0 Å². The molecular formula is C19H29NO2. The summed E-state index contributed by atoms with van der Waals surface area (Å²) in [7, 11) is 0. The Morgan fingerprint density at radius 2 is 2.14 bits per heavy atom. The lowest BCUT2D eigenvalue weighted by Crippen LogP contribution is -2.22. The molecule has 1 aromatic rings. The zero-order valence-corrected chi connectivity index (χ0v) is 13.6. The van der Waals surface area contributed by atoms with Crippen LogP contribution in [-0.4, -0.2) is 24.5 Å². The standard InChI is InChI=1S/C19H29NO2/c1(2-4-6-11-18-12-10-14-20-17-18)3-5-8-15-21-19-13-7-9-16-22-19/h2,4,10,12,14,17,19H,1,3,5-9,11,13,15-16H2/b4-2-. The molecule has 1 atom stereocenters. The predicted octanol–water partition coefficient (Wildman–Crippen LogP) is 4.67. The molecule has 0 saturated carbocycles. The minimum atomic E-state index is 0.0705. The van der Waals surface area contributed by atoms with Gasteiger partial charge in [0.25, 0.3) is 0 Å². The number of allylic oxidation sites excluding steroid dienone is 2. The lowest BCUT2D eigenvalue weighted by atomic mass is 10.1. The normalized spacial score (nSPS) is 18.8. The number of hydrogen-bond acceptors (Lipinski definition) is 3. The quantitative estimate of drug-likeness (QED) is 0.465. The Labute approximate surface area is 134 Å². The molecule has 0 spiro atoms. The van der Waals surface area contributed by atoms with Crippen LogP contribution in [0.1, 0.15) is 56.9 Å². The van der Waals surface area contributed by atoms with Crippen LogP contribution in [0, 0.1) is 0 Å². The minimum Gasteiger partial charge on any atom is -0.353 e. The molecule has 1 saturated heterocycles. The Balaban J connectivity index is 1.38. The van der Waals surface area contributed by atoms with Crippen molar-refractivity contribution >= 4 is 0 Å². The zero-order chi connectivity index (χ0) is 15.3. The summed E-state index contributed by atoms with van der Waals surface area (Å²) in [5.74, 6) is 0. The molecule has 1 aliphatic heterocycles. The van der Waals surface area contributed by atoms with E-state index in [1.54, 1.807) is 0 Å². The maximum absolute atomic E-state index is 5.73. The first-order valence-corrected chi connectivity index (χ1v) is 8.72. The second kappa shape index (κ2) is 11.4. The number of aryl methyl sites for hydroxylation is 1. The summed E-state index contributed by atoms with van der Waals surface area (Å²) in [6, 6.07) is 4.14. The van der Waals surface area contributed by atoms with Gasteiger partial charge in [-0.05, 0) is 63.0 Å². The summed E-state index contributed by atoms with van der Waals surface area (Å²) < 4.78 is 11.3. The van der Waals surface area contributed by atoms with Crippen molar-refractivity contribution < 1.29 is 9.47 Å². The topological polar surface area (TPSA) is 31.4 Å². The fourth-order valence-electron chi connectivity index (χ4n) is 2.63. The number of hydrogen-bond donors (Lipinski definition) is 0. The largest absolute Gasteiger partial charge is 0.353 e. The van der Waals surface area contributed by atoms with E-state index in [1.807, 2.05) is 18.5 Å². The molecule has 2 heterocycles. The SMILES string of the molecule is C(=C/CCc1cccnc1)/CCCCCOC1CCCCO1. The van der Waals surface area contributed by atoms with E-state index >= 15 is 0 Å². The first-order valence-electron chi connectivity index (χ1n) is 8.72. The third-order valence-corrected chi connectivity index (χ3v) is 3.95. The Kier molecular flexibility index (Phi) is 8.89. The lowest BCUT2D eigenvalue weighted by molar-refractivity contribution is -0.162. The Bertz CT molecular complexity index is 399. The van der Waals surface area contributed by atoms with Crippen molar-refractivity contribution in [2.75, 3.05) is 13.2 Å². The van der Waals surface area contributed by atoms with Gasteiger partial charge in [0.15, 0.2) is 6.29 Å². The number of aromatic nitrogens is 1. The molecular weight excluding hydrogens is 274 g/mol. The van der Waals surface area contributed by atoms with E-state index in [0.29, 0.717) is 0 Å². The van der Waals surface area contributed by atoms with Gasteiger partial charge in [0.05, 0.1) is 0 Å². The van der Waals surface area contributed by atoms with Gasteiger partial charge >= 0.3 is 0 Å². The van der Waals surface area contributed by atoms with Gasteiger partial charge in [-0.15, -0.1) is 0 Å². The Morgan fingerprint density at radius 3 is 2.95 bits per heavy atom. The molecule has 0 aromatic carbocycles. The van der Waals surface area contributed by atoms with Crippen molar-refractivity contribution in [3.05, 3.63) is 42.2 Å². The first kappa shape index (κ1) is 17.2. The number of ether oxygens (including phenoxy) is 2. The van der Waals surface area contributed by atoms with Gasteiger partial charge in [-0.1, -0.05) is 24.6 Å². The highest BCUT2D eigenvalue weighted by molar-refractivity contribution is 5.09. The van der Waals surface area contributed by atoms with E-state index in [2.05, 4.69) is 23.2 Å². The van der Waals surface area contributed by atoms with E-state index in [4.69, 9.17) is 9.47 Å². The van der Waals surface area contributed by atoms with E-state index < -0.39 is 0 Å². The van der Waals surface area contributed by atoms with Crippen LogP contribution in [0.2, 0.25) is 0 Å². The summed E-state index contributed by atoms with van der Waals surface area (Å²) in [6.45, 7) is 1.71.